The smallest absolute Gasteiger partial charge is 0.287 e. The second kappa shape index (κ2) is 9.26. The maximum absolute atomic E-state index is 12.7. The summed E-state index contributed by atoms with van der Waals surface area (Å²) in [5.74, 6) is 1.33. The Morgan fingerprint density at radius 3 is 2.70 bits per heavy atom. The number of nitrogens with one attached hydrogen (secondary N) is 1. The number of carbonyl (C=O) groups excluding carboxylic acids is 1. The van der Waals surface area contributed by atoms with E-state index in [0.29, 0.717) is 12.4 Å². The molecule has 6 nitrogen and oxygen atoms in total. The van der Waals surface area contributed by atoms with E-state index in [4.69, 9.17) is 9.15 Å². The second-order valence-corrected chi connectivity index (χ2v) is 8.60. The third kappa shape index (κ3) is 4.78. The molecule has 0 saturated heterocycles. The summed E-state index contributed by atoms with van der Waals surface area (Å²) in [6.45, 7) is 2.38. The van der Waals surface area contributed by atoms with Crippen LogP contribution >= 0.6 is 11.3 Å². The zero-order chi connectivity index (χ0) is 22.6. The Morgan fingerprint density at radius 1 is 1.06 bits per heavy atom. The molecular weight excluding hydrogens is 434 g/mol. The van der Waals surface area contributed by atoms with E-state index in [-0.39, 0.29) is 17.7 Å². The highest BCUT2D eigenvalue weighted by Crippen LogP contribution is 2.31. The van der Waals surface area contributed by atoms with E-state index in [1.54, 1.807) is 24.5 Å². The lowest BCUT2D eigenvalue weighted by Crippen LogP contribution is -2.26. The van der Waals surface area contributed by atoms with Gasteiger partial charge in [-0.1, -0.05) is 30.3 Å². The number of ether oxygens (including phenoxy) is 1. The van der Waals surface area contributed by atoms with Crippen LogP contribution in [0, 0.1) is 0 Å². The van der Waals surface area contributed by atoms with E-state index >= 15 is 0 Å². The normalized spacial score (nSPS) is 11.9. The molecule has 5 rings (SSSR count). The molecule has 3 heterocycles. The summed E-state index contributed by atoms with van der Waals surface area (Å²) in [6.07, 6.45) is 3.52. The van der Waals surface area contributed by atoms with Crippen molar-refractivity contribution in [1.29, 1.82) is 0 Å². The molecule has 5 aromatic rings. The fourth-order valence-electron chi connectivity index (χ4n) is 3.41. The van der Waals surface area contributed by atoms with Gasteiger partial charge in [-0.25, -0.2) is 4.98 Å². The Labute approximate surface area is 194 Å². The van der Waals surface area contributed by atoms with Crippen LogP contribution in [-0.2, 0) is 6.61 Å². The van der Waals surface area contributed by atoms with Crippen LogP contribution in [0.5, 0.6) is 5.75 Å². The van der Waals surface area contributed by atoms with Gasteiger partial charge >= 0.3 is 0 Å². The first-order valence-corrected chi connectivity index (χ1v) is 11.4. The van der Waals surface area contributed by atoms with Crippen LogP contribution in [0.25, 0.3) is 21.0 Å². The number of nitrogens with zero attached hydrogens (tertiary/aromatic N) is 2. The predicted molar refractivity (Wildman–Crippen MR) is 128 cm³/mol. The Bertz CT molecular complexity index is 1340. The number of carbonyl (C=O) groups is 1. The van der Waals surface area contributed by atoms with E-state index in [0.717, 1.165) is 32.1 Å². The van der Waals surface area contributed by atoms with Crippen LogP contribution in [0.15, 0.2) is 89.6 Å². The van der Waals surface area contributed by atoms with Gasteiger partial charge in [-0.15, -0.1) is 11.3 Å². The topological polar surface area (TPSA) is 77.2 Å². The van der Waals surface area contributed by atoms with Crippen LogP contribution in [0.3, 0.4) is 0 Å². The highest BCUT2D eigenvalue weighted by Gasteiger charge is 2.17. The summed E-state index contributed by atoms with van der Waals surface area (Å²) in [5, 5.41) is 3.74. The van der Waals surface area contributed by atoms with Gasteiger partial charge < -0.3 is 14.5 Å². The Morgan fingerprint density at radius 2 is 1.91 bits per heavy atom. The number of para-hydroxylation sites is 1. The molecule has 0 bridgehead atoms. The molecule has 0 fully saturated rings. The predicted octanol–water partition coefficient (Wildman–Crippen LogP) is 6.02. The molecule has 1 N–H and O–H groups in total. The van der Waals surface area contributed by atoms with Crippen molar-refractivity contribution in [2.24, 2.45) is 0 Å². The SMILES string of the molecule is CC(NC(=O)c1ccc(-c2nc3ccccc3s2)o1)c1ccc(OCc2cccnc2)cc1. The molecule has 1 amide bonds. The molecule has 164 valence electrons. The van der Waals surface area contributed by atoms with Crippen molar-refractivity contribution >= 4 is 27.5 Å². The van der Waals surface area contributed by atoms with E-state index in [2.05, 4.69) is 15.3 Å². The molecule has 0 saturated carbocycles. The first-order valence-electron chi connectivity index (χ1n) is 10.5. The minimum absolute atomic E-state index is 0.194. The van der Waals surface area contributed by atoms with Gasteiger partial charge in [0.15, 0.2) is 16.5 Å². The number of pyridine rings is 1. The standard InChI is InChI=1S/C26H21N3O3S/c1-17(19-8-10-20(11-9-19)31-16-18-5-4-14-27-15-18)28-25(30)22-12-13-23(32-22)26-29-21-6-2-3-7-24(21)33-26/h2-15,17H,16H2,1H3,(H,28,30). The lowest BCUT2D eigenvalue weighted by Gasteiger charge is -2.14. The van der Waals surface area contributed by atoms with E-state index in [1.165, 1.54) is 11.3 Å². The third-order valence-electron chi connectivity index (χ3n) is 5.19. The Balaban J connectivity index is 1.21. The zero-order valence-corrected chi connectivity index (χ0v) is 18.7. The number of thiazole rings is 1. The average Bonchev–Trinajstić information content (AvgIpc) is 3.51. The second-order valence-electron chi connectivity index (χ2n) is 7.56. The number of hydrogen-bond donors (Lipinski definition) is 1. The van der Waals surface area contributed by atoms with Gasteiger partial charge in [0.2, 0.25) is 0 Å². The summed E-state index contributed by atoms with van der Waals surface area (Å²) in [6, 6.07) is 22.7. The third-order valence-corrected chi connectivity index (χ3v) is 6.24. The van der Waals surface area contributed by atoms with Gasteiger partial charge in [0, 0.05) is 18.0 Å². The van der Waals surface area contributed by atoms with Crippen LogP contribution in [0.2, 0.25) is 0 Å². The van der Waals surface area contributed by atoms with E-state index in [1.807, 2.05) is 67.6 Å². The van der Waals surface area contributed by atoms with Crippen LogP contribution in [0.1, 0.15) is 34.6 Å². The number of benzene rings is 2. The molecular formula is C26H21N3O3S. The van der Waals surface area contributed by atoms with Crippen molar-refractivity contribution in [3.63, 3.8) is 0 Å². The van der Waals surface area contributed by atoms with Crippen molar-refractivity contribution < 1.29 is 13.9 Å². The largest absolute Gasteiger partial charge is 0.489 e. The number of aromatic nitrogens is 2. The van der Waals surface area contributed by atoms with Gasteiger partial charge in [0.1, 0.15) is 12.4 Å². The fraction of sp³-hybridized carbons (Fsp3) is 0.115. The number of hydrogen-bond acceptors (Lipinski definition) is 6. The summed E-state index contributed by atoms with van der Waals surface area (Å²) >= 11 is 1.54. The molecule has 0 spiro atoms. The maximum Gasteiger partial charge on any atom is 0.287 e. The molecule has 33 heavy (non-hydrogen) atoms. The van der Waals surface area contributed by atoms with Crippen molar-refractivity contribution in [2.45, 2.75) is 19.6 Å². The van der Waals surface area contributed by atoms with Gasteiger partial charge in [0.05, 0.1) is 16.3 Å². The molecule has 2 aromatic carbocycles. The minimum atomic E-state index is -0.272. The summed E-state index contributed by atoms with van der Waals surface area (Å²) in [7, 11) is 0. The van der Waals surface area contributed by atoms with E-state index < -0.39 is 0 Å². The number of amides is 1. The summed E-state index contributed by atoms with van der Waals surface area (Å²) in [5.41, 5.74) is 2.89. The quantitative estimate of drug-likeness (QED) is 0.325. The minimum Gasteiger partial charge on any atom is -0.489 e. The zero-order valence-electron chi connectivity index (χ0n) is 17.9. The van der Waals surface area contributed by atoms with Gasteiger partial charge in [-0.3, -0.25) is 9.78 Å². The highest BCUT2D eigenvalue weighted by atomic mass is 32.1. The van der Waals surface area contributed by atoms with Crippen LogP contribution in [-0.4, -0.2) is 15.9 Å². The maximum atomic E-state index is 12.7. The summed E-state index contributed by atoms with van der Waals surface area (Å²) in [4.78, 5) is 21.4. The first-order chi connectivity index (χ1) is 16.2. The fourth-order valence-corrected chi connectivity index (χ4v) is 4.33. The molecule has 0 aliphatic heterocycles. The van der Waals surface area contributed by atoms with Crippen LogP contribution < -0.4 is 10.1 Å². The molecule has 0 aliphatic carbocycles. The number of fused-ring (bicyclic) bond motifs is 1. The monoisotopic (exact) mass is 455 g/mol. The Kier molecular flexibility index (Phi) is 5.87. The lowest BCUT2D eigenvalue weighted by molar-refractivity contribution is 0.0912. The number of furan rings is 1. The van der Waals surface area contributed by atoms with Gasteiger partial charge in [-0.2, -0.15) is 0 Å². The van der Waals surface area contributed by atoms with Crippen molar-refractivity contribution in [1.82, 2.24) is 15.3 Å². The average molecular weight is 456 g/mol. The van der Waals surface area contributed by atoms with Crippen molar-refractivity contribution in [3.8, 4) is 16.5 Å². The van der Waals surface area contributed by atoms with Crippen molar-refractivity contribution in [2.75, 3.05) is 0 Å². The molecule has 1 unspecified atom stereocenters. The van der Waals surface area contributed by atoms with Crippen molar-refractivity contribution in [3.05, 3.63) is 102 Å². The first kappa shape index (κ1) is 20.9. The molecule has 0 aliphatic rings. The molecule has 3 aromatic heterocycles. The van der Waals surface area contributed by atoms with Crippen LogP contribution in [0.4, 0.5) is 0 Å². The van der Waals surface area contributed by atoms with E-state index in [9.17, 15) is 4.79 Å². The van der Waals surface area contributed by atoms with Gasteiger partial charge in [-0.05, 0) is 55.0 Å². The molecule has 0 radical (unpaired) electrons. The summed E-state index contributed by atoms with van der Waals surface area (Å²) < 4.78 is 12.7. The lowest BCUT2D eigenvalue weighted by atomic mass is 10.1. The molecule has 1 atom stereocenters. The van der Waals surface area contributed by atoms with Gasteiger partial charge in [0.25, 0.3) is 5.91 Å². The molecule has 7 heteroatoms. The number of rotatable bonds is 7. The highest BCUT2D eigenvalue weighted by molar-refractivity contribution is 7.21. The Hall–Kier alpha value is -3.97.